The van der Waals surface area contributed by atoms with Gasteiger partial charge in [-0.05, 0) is 46.9 Å². The van der Waals surface area contributed by atoms with Crippen molar-refractivity contribution in [1.29, 1.82) is 0 Å². The predicted molar refractivity (Wildman–Crippen MR) is 187 cm³/mol. The van der Waals surface area contributed by atoms with Crippen LogP contribution in [0.2, 0.25) is 0 Å². The first-order chi connectivity index (χ1) is 23.1. The number of hydrogen-bond acceptors (Lipinski definition) is 4. The van der Waals surface area contributed by atoms with E-state index in [1.807, 2.05) is 23.1 Å². The van der Waals surface area contributed by atoms with Gasteiger partial charge in [-0.2, -0.15) is 5.10 Å². The van der Waals surface area contributed by atoms with Gasteiger partial charge < -0.3 is 19.9 Å². The van der Waals surface area contributed by atoms with Crippen LogP contribution in [0.25, 0.3) is 10.9 Å². The molecule has 3 heterocycles. The number of urea groups is 1. The van der Waals surface area contributed by atoms with Crippen LogP contribution in [0.5, 0.6) is 0 Å². The van der Waals surface area contributed by atoms with E-state index in [1.165, 1.54) is 0 Å². The normalized spacial score (nSPS) is 15.7. The van der Waals surface area contributed by atoms with E-state index in [0.29, 0.717) is 19.8 Å². The molecule has 234 valence electrons. The maximum Gasteiger partial charge on any atom is 0.322 e. The van der Waals surface area contributed by atoms with Gasteiger partial charge in [-0.15, -0.1) is 0 Å². The fourth-order valence-corrected chi connectivity index (χ4v) is 7.27. The number of carbonyl (C=O) groups excluding carboxylic acids is 1. The number of aromatic nitrogens is 2. The molecule has 1 fully saturated rings. The highest BCUT2D eigenvalue weighted by Gasteiger charge is 2.42. The number of morpholine rings is 1. The zero-order valence-corrected chi connectivity index (χ0v) is 26.4. The summed E-state index contributed by atoms with van der Waals surface area (Å²) in [6, 6.07) is 46.2. The van der Waals surface area contributed by atoms with Gasteiger partial charge in [-0.1, -0.05) is 121 Å². The molecular weight excluding hydrogens is 582 g/mol. The van der Waals surface area contributed by atoms with Crippen molar-refractivity contribution in [3.63, 3.8) is 0 Å². The number of rotatable bonds is 7. The molecule has 7 nitrogen and oxygen atoms in total. The van der Waals surface area contributed by atoms with E-state index in [-0.39, 0.29) is 12.1 Å². The van der Waals surface area contributed by atoms with Crippen LogP contribution in [0.1, 0.15) is 40.8 Å². The topological polar surface area (TPSA) is 62.6 Å². The number of anilines is 2. The summed E-state index contributed by atoms with van der Waals surface area (Å²) in [7, 11) is 0. The zero-order chi connectivity index (χ0) is 31.8. The Balaban J connectivity index is 1.39. The minimum atomic E-state index is -0.798. The summed E-state index contributed by atoms with van der Waals surface area (Å²) in [6.45, 7) is 5.40. The molecule has 1 atom stereocenters. The van der Waals surface area contributed by atoms with Crippen molar-refractivity contribution in [3.8, 4) is 0 Å². The fourth-order valence-electron chi connectivity index (χ4n) is 7.27. The Kier molecular flexibility index (Phi) is 7.46. The molecule has 2 aliphatic heterocycles. The lowest BCUT2D eigenvalue weighted by Crippen LogP contribution is -2.40. The fraction of sp³-hybridized carbons (Fsp3) is 0.200. The number of carbonyl (C=O) groups is 1. The minimum absolute atomic E-state index is 0.0802. The Hall–Kier alpha value is -5.40. The molecule has 47 heavy (non-hydrogen) atoms. The second kappa shape index (κ2) is 12.1. The van der Waals surface area contributed by atoms with Gasteiger partial charge in [0.1, 0.15) is 5.54 Å². The van der Waals surface area contributed by atoms with Crippen molar-refractivity contribution in [2.24, 2.45) is 0 Å². The second-order valence-corrected chi connectivity index (χ2v) is 12.3. The predicted octanol–water partition coefficient (Wildman–Crippen LogP) is 7.82. The number of amides is 2. The van der Waals surface area contributed by atoms with Gasteiger partial charge in [-0.3, -0.25) is 0 Å². The second-order valence-electron chi connectivity index (χ2n) is 12.3. The van der Waals surface area contributed by atoms with Gasteiger partial charge in [-0.25, -0.2) is 9.48 Å². The number of fused-ring (bicyclic) bond motifs is 2. The molecule has 2 aliphatic rings. The van der Waals surface area contributed by atoms with E-state index in [1.54, 1.807) is 0 Å². The summed E-state index contributed by atoms with van der Waals surface area (Å²) >= 11 is 0. The quantitative estimate of drug-likeness (QED) is 0.185. The summed E-state index contributed by atoms with van der Waals surface area (Å²) < 4.78 is 7.96. The van der Waals surface area contributed by atoms with Gasteiger partial charge in [0.05, 0.1) is 31.3 Å². The molecule has 0 radical (unpaired) electrons. The number of nitrogens with one attached hydrogen (secondary N) is 1. The highest BCUT2D eigenvalue weighted by molar-refractivity contribution is 6.00. The molecule has 1 saturated heterocycles. The van der Waals surface area contributed by atoms with Gasteiger partial charge in [0.15, 0.2) is 5.82 Å². The molecule has 5 aromatic carbocycles. The van der Waals surface area contributed by atoms with Crippen LogP contribution >= 0.6 is 0 Å². The van der Waals surface area contributed by atoms with Crippen molar-refractivity contribution in [1.82, 2.24) is 14.7 Å². The van der Waals surface area contributed by atoms with Crippen molar-refractivity contribution in [2.75, 3.05) is 36.5 Å². The Morgan fingerprint density at radius 1 is 0.745 bits per heavy atom. The molecule has 8 rings (SSSR count). The maximum atomic E-state index is 13.7. The average molecular weight is 620 g/mol. The van der Waals surface area contributed by atoms with Crippen LogP contribution in [0, 0.1) is 0 Å². The molecule has 1 unspecified atom stereocenters. The van der Waals surface area contributed by atoms with Crippen LogP contribution in [0.4, 0.5) is 16.3 Å². The SMILES string of the molecule is CC(c1ccccc1)N1Cc2cc3c(N4CCOCC4)nn(C(c4ccccc4)(c4ccccc4)c4ccccc4)c3cc2NC1=O. The van der Waals surface area contributed by atoms with E-state index in [2.05, 4.69) is 137 Å². The first-order valence-electron chi connectivity index (χ1n) is 16.3. The van der Waals surface area contributed by atoms with Gasteiger partial charge in [0, 0.05) is 24.2 Å². The summed E-state index contributed by atoms with van der Waals surface area (Å²) in [6.07, 6.45) is 0. The zero-order valence-electron chi connectivity index (χ0n) is 26.4. The lowest BCUT2D eigenvalue weighted by atomic mass is 9.77. The van der Waals surface area contributed by atoms with E-state index < -0.39 is 5.54 Å². The third-order valence-electron chi connectivity index (χ3n) is 9.68. The van der Waals surface area contributed by atoms with Gasteiger partial charge in [0.2, 0.25) is 0 Å². The molecule has 1 aromatic heterocycles. The summed E-state index contributed by atoms with van der Waals surface area (Å²) in [5, 5.41) is 9.88. The van der Waals surface area contributed by atoms with Crippen LogP contribution in [-0.4, -0.2) is 47.0 Å². The number of ether oxygens (including phenoxy) is 1. The average Bonchev–Trinajstić information content (AvgIpc) is 3.51. The van der Waals surface area contributed by atoms with Crippen LogP contribution in [0.15, 0.2) is 133 Å². The lowest BCUT2D eigenvalue weighted by Gasteiger charge is -2.37. The smallest absolute Gasteiger partial charge is 0.322 e. The summed E-state index contributed by atoms with van der Waals surface area (Å²) in [5.74, 6) is 0.929. The van der Waals surface area contributed by atoms with Crippen LogP contribution < -0.4 is 10.2 Å². The largest absolute Gasteiger partial charge is 0.378 e. The van der Waals surface area contributed by atoms with E-state index in [9.17, 15) is 4.79 Å². The Morgan fingerprint density at radius 2 is 1.28 bits per heavy atom. The first-order valence-corrected chi connectivity index (χ1v) is 16.3. The standard InChI is InChI=1S/C40H37N5O2/c1-29(30-14-6-2-7-15-30)44-28-31-26-35-37(27-36(31)41-39(44)46)45(42-38(35)43-22-24-47-25-23-43)40(32-16-8-3-9-17-32,33-18-10-4-11-19-33)34-20-12-5-13-21-34/h2-21,26-27,29H,22-25,28H2,1H3,(H,41,46). The Bertz CT molecular complexity index is 1910. The van der Waals surface area contributed by atoms with Crippen LogP contribution in [0.3, 0.4) is 0 Å². The molecular formula is C40H37N5O2. The Labute approximate surface area is 275 Å². The lowest BCUT2D eigenvalue weighted by molar-refractivity contribution is 0.122. The highest BCUT2D eigenvalue weighted by Crippen LogP contribution is 2.45. The number of benzene rings is 5. The number of nitrogens with zero attached hydrogens (tertiary/aromatic N) is 4. The number of hydrogen-bond donors (Lipinski definition) is 1. The van der Waals surface area contributed by atoms with Crippen LogP contribution in [-0.2, 0) is 16.8 Å². The molecule has 0 saturated carbocycles. The maximum absolute atomic E-state index is 13.7. The third-order valence-corrected chi connectivity index (χ3v) is 9.68. The third kappa shape index (κ3) is 4.95. The van der Waals surface area contributed by atoms with Gasteiger partial charge in [0.25, 0.3) is 0 Å². The van der Waals surface area contributed by atoms with Gasteiger partial charge >= 0.3 is 6.03 Å². The summed E-state index contributed by atoms with van der Waals surface area (Å²) in [4.78, 5) is 17.9. The molecule has 6 aromatic rings. The van der Waals surface area contributed by atoms with Crippen molar-refractivity contribution >= 4 is 28.4 Å². The van der Waals surface area contributed by atoms with Crippen molar-refractivity contribution in [3.05, 3.63) is 161 Å². The molecule has 2 amide bonds. The van der Waals surface area contributed by atoms with Crippen molar-refractivity contribution in [2.45, 2.75) is 25.0 Å². The molecule has 0 aliphatic carbocycles. The first kappa shape index (κ1) is 29.0. The minimum Gasteiger partial charge on any atom is -0.378 e. The summed E-state index contributed by atoms with van der Waals surface area (Å²) in [5.41, 5.74) is 6.43. The highest BCUT2D eigenvalue weighted by atomic mass is 16.5. The molecule has 0 spiro atoms. The van der Waals surface area contributed by atoms with E-state index >= 15 is 0 Å². The van der Waals surface area contributed by atoms with E-state index in [4.69, 9.17) is 9.84 Å². The molecule has 0 bridgehead atoms. The molecule has 1 N–H and O–H groups in total. The Morgan fingerprint density at radius 3 is 1.83 bits per heavy atom. The monoisotopic (exact) mass is 619 g/mol. The van der Waals surface area contributed by atoms with E-state index in [0.717, 1.165) is 63.3 Å². The molecule has 7 heteroatoms. The van der Waals surface area contributed by atoms with Crippen molar-refractivity contribution < 1.29 is 9.53 Å².